The predicted molar refractivity (Wildman–Crippen MR) is 66.3 cm³/mol. The van der Waals surface area contributed by atoms with Crippen molar-refractivity contribution in [2.45, 2.75) is 39.0 Å². The molecule has 0 aliphatic carbocycles. The lowest BCUT2D eigenvalue weighted by atomic mass is 10.1. The topological polar surface area (TPSA) is 12.5 Å². The van der Waals surface area contributed by atoms with Gasteiger partial charge in [-0.25, -0.2) is 0 Å². The Labute approximate surface area is 98.2 Å². The summed E-state index contributed by atoms with van der Waals surface area (Å²) in [5.74, 6) is 0. The van der Waals surface area contributed by atoms with Gasteiger partial charge in [0.05, 0.1) is 11.7 Å². The number of hydrogen-bond acceptors (Lipinski definition) is 2. The van der Waals surface area contributed by atoms with Crippen LogP contribution in [0.15, 0.2) is 30.3 Å². The highest BCUT2D eigenvalue weighted by Gasteiger charge is 2.30. The number of likely N-dealkylation sites (tertiary alicyclic amines) is 1. The maximum absolute atomic E-state index is 5.90. The zero-order valence-corrected chi connectivity index (χ0v) is 10.4. The molecule has 88 valence electrons. The third-order valence-corrected chi connectivity index (χ3v) is 2.69. The molecule has 1 heterocycles. The van der Waals surface area contributed by atoms with Crippen LogP contribution in [0, 0.1) is 0 Å². The maximum atomic E-state index is 5.90. The highest BCUT2D eigenvalue weighted by Crippen LogP contribution is 2.20. The van der Waals surface area contributed by atoms with Gasteiger partial charge in [-0.2, -0.15) is 0 Å². The molecule has 2 rings (SSSR count). The Balaban J connectivity index is 1.73. The van der Waals surface area contributed by atoms with Gasteiger partial charge in [0.2, 0.25) is 0 Å². The maximum Gasteiger partial charge on any atom is 0.0836 e. The first-order chi connectivity index (χ1) is 7.53. The van der Waals surface area contributed by atoms with E-state index in [1.54, 1.807) is 0 Å². The van der Waals surface area contributed by atoms with Crippen LogP contribution in [0.5, 0.6) is 0 Å². The smallest absolute Gasteiger partial charge is 0.0836 e. The van der Waals surface area contributed by atoms with E-state index in [4.69, 9.17) is 4.74 Å². The summed E-state index contributed by atoms with van der Waals surface area (Å²) in [5.41, 5.74) is 1.38. The Kier molecular flexibility index (Phi) is 3.31. The lowest BCUT2D eigenvalue weighted by Crippen LogP contribution is -2.53. The quantitative estimate of drug-likeness (QED) is 0.775. The van der Waals surface area contributed by atoms with Crippen molar-refractivity contribution in [2.75, 3.05) is 13.1 Å². The summed E-state index contributed by atoms with van der Waals surface area (Å²) < 4.78 is 5.90. The fourth-order valence-electron chi connectivity index (χ4n) is 2.07. The molecule has 0 unspecified atom stereocenters. The van der Waals surface area contributed by atoms with Crippen LogP contribution in [0.2, 0.25) is 0 Å². The molecule has 1 aromatic rings. The molecule has 0 N–H and O–H groups in total. The molecular formula is C14H21NO. The van der Waals surface area contributed by atoms with Crippen LogP contribution in [-0.2, 0) is 11.3 Å². The van der Waals surface area contributed by atoms with Gasteiger partial charge in [-0.1, -0.05) is 30.3 Å². The van der Waals surface area contributed by atoms with Gasteiger partial charge in [-0.3, -0.25) is 4.90 Å². The summed E-state index contributed by atoms with van der Waals surface area (Å²) in [6.07, 6.45) is 0.420. The van der Waals surface area contributed by atoms with Crippen molar-refractivity contribution in [1.82, 2.24) is 4.90 Å². The Hall–Kier alpha value is -0.860. The van der Waals surface area contributed by atoms with Crippen molar-refractivity contribution in [3.05, 3.63) is 35.9 Å². The minimum absolute atomic E-state index is 0.0104. The number of benzene rings is 1. The van der Waals surface area contributed by atoms with Crippen LogP contribution in [0.1, 0.15) is 26.3 Å². The number of nitrogens with zero attached hydrogens (tertiary/aromatic N) is 1. The van der Waals surface area contributed by atoms with Crippen molar-refractivity contribution in [3.63, 3.8) is 0 Å². The minimum atomic E-state index is -0.0104. The zero-order chi connectivity index (χ0) is 11.6. The zero-order valence-electron chi connectivity index (χ0n) is 10.4. The Morgan fingerprint density at radius 1 is 1.19 bits per heavy atom. The summed E-state index contributed by atoms with van der Waals surface area (Å²) in [7, 11) is 0. The van der Waals surface area contributed by atoms with E-state index in [0.29, 0.717) is 6.10 Å². The predicted octanol–water partition coefficient (Wildman–Crippen LogP) is 2.69. The fraction of sp³-hybridized carbons (Fsp3) is 0.571. The molecule has 1 saturated heterocycles. The summed E-state index contributed by atoms with van der Waals surface area (Å²) in [5, 5.41) is 0. The van der Waals surface area contributed by atoms with Gasteiger partial charge in [-0.05, 0) is 26.3 Å². The molecule has 0 radical (unpaired) electrons. The molecule has 16 heavy (non-hydrogen) atoms. The summed E-state index contributed by atoms with van der Waals surface area (Å²) >= 11 is 0. The van der Waals surface area contributed by atoms with Crippen LogP contribution in [0.25, 0.3) is 0 Å². The minimum Gasteiger partial charge on any atom is -0.370 e. The second kappa shape index (κ2) is 4.56. The van der Waals surface area contributed by atoms with E-state index < -0.39 is 0 Å². The Morgan fingerprint density at radius 2 is 1.81 bits per heavy atom. The van der Waals surface area contributed by atoms with Gasteiger partial charge in [0, 0.05) is 19.6 Å². The highest BCUT2D eigenvalue weighted by molar-refractivity contribution is 5.14. The van der Waals surface area contributed by atoms with Gasteiger partial charge in [0.15, 0.2) is 0 Å². The number of hydrogen-bond donors (Lipinski definition) is 0. The Morgan fingerprint density at radius 3 is 2.38 bits per heavy atom. The molecule has 1 aromatic carbocycles. The van der Waals surface area contributed by atoms with Crippen LogP contribution in [0.3, 0.4) is 0 Å². The lowest BCUT2D eigenvalue weighted by molar-refractivity contribution is -0.126. The number of ether oxygens (including phenoxy) is 1. The summed E-state index contributed by atoms with van der Waals surface area (Å²) in [4.78, 5) is 2.42. The van der Waals surface area contributed by atoms with Crippen molar-refractivity contribution in [1.29, 1.82) is 0 Å². The third-order valence-electron chi connectivity index (χ3n) is 2.69. The first-order valence-electron chi connectivity index (χ1n) is 5.97. The molecule has 1 aliphatic rings. The lowest BCUT2D eigenvalue weighted by Gasteiger charge is -2.42. The molecule has 0 spiro atoms. The first kappa shape index (κ1) is 11.6. The molecule has 0 atom stereocenters. The molecule has 0 aromatic heterocycles. The van der Waals surface area contributed by atoms with Crippen molar-refractivity contribution < 1.29 is 4.74 Å². The van der Waals surface area contributed by atoms with E-state index in [9.17, 15) is 0 Å². The standard InChI is InChI=1S/C14H21NO/c1-14(2,3)16-13-10-15(11-13)9-12-7-5-4-6-8-12/h4-8,13H,9-11H2,1-3H3. The van der Waals surface area contributed by atoms with E-state index in [1.807, 2.05) is 0 Å². The molecule has 0 amide bonds. The molecule has 0 saturated carbocycles. The molecule has 2 heteroatoms. The van der Waals surface area contributed by atoms with Crippen LogP contribution in [0.4, 0.5) is 0 Å². The van der Waals surface area contributed by atoms with E-state index in [1.165, 1.54) is 5.56 Å². The summed E-state index contributed by atoms with van der Waals surface area (Å²) in [6.45, 7) is 9.52. The van der Waals surface area contributed by atoms with Gasteiger partial charge >= 0.3 is 0 Å². The van der Waals surface area contributed by atoms with Crippen molar-refractivity contribution in [2.24, 2.45) is 0 Å². The van der Waals surface area contributed by atoms with Gasteiger partial charge in [0.1, 0.15) is 0 Å². The average molecular weight is 219 g/mol. The third kappa shape index (κ3) is 3.32. The SMILES string of the molecule is CC(C)(C)OC1CN(Cc2ccccc2)C1. The largest absolute Gasteiger partial charge is 0.370 e. The normalized spacial score (nSPS) is 18.4. The second-order valence-electron chi connectivity index (χ2n) is 5.53. The van der Waals surface area contributed by atoms with Gasteiger partial charge in [-0.15, -0.1) is 0 Å². The molecular weight excluding hydrogens is 198 g/mol. The monoisotopic (exact) mass is 219 g/mol. The van der Waals surface area contributed by atoms with Crippen molar-refractivity contribution in [3.8, 4) is 0 Å². The number of rotatable bonds is 3. The second-order valence-corrected chi connectivity index (χ2v) is 5.53. The molecule has 2 nitrogen and oxygen atoms in total. The Bertz CT molecular complexity index is 322. The van der Waals surface area contributed by atoms with E-state index in [0.717, 1.165) is 19.6 Å². The highest BCUT2D eigenvalue weighted by atomic mass is 16.5. The molecule has 1 aliphatic heterocycles. The molecule has 0 bridgehead atoms. The molecule has 1 fully saturated rings. The van der Waals surface area contributed by atoms with E-state index in [2.05, 4.69) is 56.0 Å². The van der Waals surface area contributed by atoms with E-state index >= 15 is 0 Å². The fourth-order valence-corrected chi connectivity index (χ4v) is 2.07. The van der Waals surface area contributed by atoms with E-state index in [-0.39, 0.29) is 5.60 Å². The summed E-state index contributed by atoms with van der Waals surface area (Å²) in [6, 6.07) is 10.6. The van der Waals surface area contributed by atoms with Crippen molar-refractivity contribution >= 4 is 0 Å². The average Bonchev–Trinajstić information content (AvgIpc) is 2.14. The van der Waals surface area contributed by atoms with Gasteiger partial charge in [0.25, 0.3) is 0 Å². The van der Waals surface area contributed by atoms with Crippen LogP contribution >= 0.6 is 0 Å². The van der Waals surface area contributed by atoms with Crippen LogP contribution in [-0.4, -0.2) is 29.7 Å². The first-order valence-corrected chi connectivity index (χ1v) is 5.97. The van der Waals surface area contributed by atoms with Gasteiger partial charge < -0.3 is 4.74 Å². The van der Waals surface area contributed by atoms with Crippen LogP contribution < -0.4 is 0 Å².